The van der Waals surface area contributed by atoms with E-state index in [1.165, 1.54) is 5.56 Å². The molecular formula is C19H28O5. The van der Waals surface area contributed by atoms with Crippen LogP contribution in [0.2, 0.25) is 0 Å². The van der Waals surface area contributed by atoms with Crippen molar-refractivity contribution >= 4 is 11.9 Å². The average molecular weight is 336 g/mol. The van der Waals surface area contributed by atoms with Crippen LogP contribution in [0.1, 0.15) is 44.6 Å². The fourth-order valence-corrected chi connectivity index (χ4v) is 2.12. The molecule has 0 saturated carbocycles. The van der Waals surface area contributed by atoms with E-state index >= 15 is 0 Å². The number of hydrogen-bond acceptors (Lipinski definition) is 5. The van der Waals surface area contributed by atoms with Crippen molar-refractivity contribution in [2.24, 2.45) is 0 Å². The zero-order valence-corrected chi connectivity index (χ0v) is 14.5. The predicted octanol–water partition coefficient (Wildman–Crippen LogP) is 3.30. The first kappa shape index (κ1) is 20.2. The van der Waals surface area contributed by atoms with Crippen molar-refractivity contribution in [2.75, 3.05) is 26.4 Å². The largest absolute Gasteiger partial charge is 0.464 e. The molecule has 134 valence electrons. The summed E-state index contributed by atoms with van der Waals surface area (Å²) in [5, 5.41) is 0. The molecule has 0 N–H and O–H groups in total. The molecule has 0 amide bonds. The molecule has 5 heteroatoms. The van der Waals surface area contributed by atoms with Gasteiger partial charge >= 0.3 is 11.9 Å². The van der Waals surface area contributed by atoms with Crippen LogP contribution >= 0.6 is 0 Å². The highest BCUT2D eigenvalue weighted by atomic mass is 16.6. The molecular weight excluding hydrogens is 308 g/mol. The van der Waals surface area contributed by atoms with Crippen LogP contribution in [0.25, 0.3) is 0 Å². The molecule has 0 fully saturated rings. The summed E-state index contributed by atoms with van der Waals surface area (Å²) in [5.41, 5.74) is 1.21. The number of ether oxygens (including phenoxy) is 3. The highest BCUT2D eigenvalue weighted by Crippen LogP contribution is 2.02. The molecule has 0 aliphatic rings. The fraction of sp³-hybridized carbons (Fsp3) is 0.579. The Bertz CT molecular complexity index is 458. The van der Waals surface area contributed by atoms with Crippen LogP contribution in [0.5, 0.6) is 0 Å². The maximum absolute atomic E-state index is 11.5. The molecule has 0 saturated heterocycles. The van der Waals surface area contributed by atoms with Crippen molar-refractivity contribution < 1.29 is 23.8 Å². The second kappa shape index (κ2) is 13.5. The summed E-state index contributed by atoms with van der Waals surface area (Å²) in [5.74, 6) is -0.901. The zero-order valence-electron chi connectivity index (χ0n) is 14.5. The number of aryl methyl sites for hydroxylation is 1. The molecule has 0 aliphatic heterocycles. The van der Waals surface area contributed by atoms with Gasteiger partial charge in [0.1, 0.15) is 13.2 Å². The Morgan fingerprint density at radius 3 is 2.08 bits per heavy atom. The number of carbonyl (C=O) groups is 2. The van der Waals surface area contributed by atoms with E-state index in [0.29, 0.717) is 13.2 Å². The van der Waals surface area contributed by atoms with Gasteiger partial charge < -0.3 is 14.2 Å². The van der Waals surface area contributed by atoms with Gasteiger partial charge in [-0.1, -0.05) is 56.5 Å². The summed E-state index contributed by atoms with van der Waals surface area (Å²) in [6, 6.07) is 10.0. The Balaban J connectivity index is 1.94. The van der Waals surface area contributed by atoms with Crippen LogP contribution in [-0.4, -0.2) is 38.4 Å². The molecule has 0 radical (unpaired) electrons. The van der Waals surface area contributed by atoms with E-state index in [0.717, 1.165) is 38.5 Å². The second-order valence-electron chi connectivity index (χ2n) is 5.58. The molecule has 0 bridgehead atoms. The molecule has 0 aliphatic carbocycles. The van der Waals surface area contributed by atoms with E-state index in [2.05, 4.69) is 6.92 Å². The molecule has 0 heterocycles. The van der Waals surface area contributed by atoms with Gasteiger partial charge in [-0.3, -0.25) is 0 Å². The summed E-state index contributed by atoms with van der Waals surface area (Å²) in [6.07, 6.45) is 5.83. The topological polar surface area (TPSA) is 61.8 Å². The van der Waals surface area contributed by atoms with Crippen molar-refractivity contribution in [2.45, 2.75) is 45.4 Å². The third-order valence-corrected chi connectivity index (χ3v) is 3.42. The molecule has 5 nitrogen and oxygen atoms in total. The van der Waals surface area contributed by atoms with Gasteiger partial charge in [0, 0.05) is 0 Å². The van der Waals surface area contributed by atoms with Crippen LogP contribution in [-0.2, 0) is 30.2 Å². The van der Waals surface area contributed by atoms with Gasteiger partial charge in [-0.05, 0) is 24.8 Å². The Hall–Kier alpha value is -1.88. The van der Waals surface area contributed by atoms with Gasteiger partial charge in [0.05, 0.1) is 13.2 Å². The highest BCUT2D eigenvalue weighted by Gasteiger charge is 2.07. The van der Waals surface area contributed by atoms with Crippen LogP contribution in [0.15, 0.2) is 30.3 Å². The summed E-state index contributed by atoms with van der Waals surface area (Å²) >= 11 is 0. The minimum absolute atomic E-state index is 0.215. The van der Waals surface area contributed by atoms with E-state index in [9.17, 15) is 9.59 Å². The maximum atomic E-state index is 11.5. The standard InChI is InChI=1S/C19H28O5/c1-2-3-4-8-13-23-18(20)15-22-16-19(21)24-14-9-12-17-10-6-5-7-11-17/h5-7,10-11H,2-4,8-9,12-16H2,1H3. The summed E-state index contributed by atoms with van der Waals surface area (Å²) in [7, 11) is 0. The fourth-order valence-electron chi connectivity index (χ4n) is 2.12. The molecule has 24 heavy (non-hydrogen) atoms. The Labute approximate surface area is 144 Å². The average Bonchev–Trinajstić information content (AvgIpc) is 2.59. The van der Waals surface area contributed by atoms with Gasteiger partial charge in [-0.25, -0.2) is 9.59 Å². The van der Waals surface area contributed by atoms with Crippen LogP contribution in [0.3, 0.4) is 0 Å². The lowest BCUT2D eigenvalue weighted by Crippen LogP contribution is -2.19. The predicted molar refractivity (Wildman–Crippen MR) is 91.6 cm³/mol. The number of unbranched alkanes of at least 4 members (excludes halogenated alkanes) is 3. The highest BCUT2D eigenvalue weighted by molar-refractivity contribution is 5.73. The normalized spacial score (nSPS) is 10.4. The molecule has 1 rings (SSSR count). The number of hydrogen-bond donors (Lipinski definition) is 0. The van der Waals surface area contributed by atoms with E-state index in [-0.39, 0.29) is 13.2 Å². The van der Waals surface area contributed by atoms with Crippen LogP contribution in [0.4, 0.5) is 0 Å². The number of carbonyl (C=O) groups excluding carboxylic acids is 2. The van der Waals surface area contributed by atoms with Crippen molar-refractivity contribution in [3.8, 4) is 0 Å². The molecule has 1 aromatic rings. The molecule has 0 unspecified atom stereocenters. The van der Waals surface area contributed by atoms with Crippen LogP contribution in [0, 0.1) is 0 Å². The minimum atomic E-state index is -0.459. The minimum Gasteiger partial charge on any atom is -0.464 e. The van der Waals surface area contributed by atoms with Crippen molar-refractivity contribution in [1.82, 2.24) is 0 Å². The van der Waals surface area contributed by atoms with Crippen molar-refractivity contribution in [3.63, 3.8) is 0 Å². The molecule has 0 atom stereocenters. The van der Waals surface area contributed by atoms with Gasteiger partial charge in [0.15, 0.2) is 0 Å². The molecule has 0 spiro atoms. The second-order valence-corrected chi connectivity index (χ2v) is 5.58. The van der Waals surface area contributed by atoms with Crippen molar-refractivity contribution in [3.05, 3.63) is 35.9 Å². The first-order chi connectivity index (χ1) is 11.7. The van der Waals surface area contributed by atoms with E-state index in [1.807, 2.05) is 30.3 Å². The van der Waals surface area contributed by atoms with E-state index < -0.39 is 11.9 Å². The van der Waals surface area contributed by atoms with E-state index in [1.54, 1.807) is 0 Å². The zero-order chi connectivity index (χ0) is 17.5. The molecule has 1 aromatic carbocycles. The summed E-state index contributed by atoms with van der Waals surface area (Å²) in [4.78, 5) is 22.8. The number of esters is 2. The van der Waals surface area contributed by atoms with Gasteiger partial charge in [0.2, 0.25) is 0 Å². The smallest absolute Gasteiger partial charge is 0.332 e. The third kappa shape index (κ3) is 10.8. The van der Waals surface area contributed by atoms with Gasteiger partial charge in [-0.2, -0.15) is 0 Å². The van der Waals surface area contributed by atoms with Crippen LogP contribution < -0.4 is 0 Å². The monoisotopic (exact) mass is 336 g/mol. The lowest BCUT2D eigenvalue weighted by atomic mass is 10.1. The Morgan fingerprint density at radius 1 is 0.833 bits per heavy atom. The van der Waals surface area contributed by atoms with E-state index in [4.69, 9.17) is 14.2 Å². The lowest BCUT2D eigenvalue weighted by Gasteiger charge is -2.07. The first-order valence-corrected chi connectivity index (χ1v) is 8.65. The SMILES string of the molecule is CCCCCCOC(=O)COCC(=O)OCCCc1ccccc1. The Morgan fingerprint density at radius 2 is 1.46 bits per heavy atom. The number of rotatable bonds is 13. The summed E-state index contributed by atoms with van der Waals surface area (Å²) in [6.45, 7) is 2.44. The lowest BCUT2D eigenvalue weighted by molar-refractivity contribution is -0.155. The third-order valence-electron chi connectivity index (χ3n) is 3.42. The van der Waals surface area contributed by atoms with Gasteiger partial charge in [-0.15, -0.1) is 0 Å². The quantitative estimate of drug-likeness (QED) is 0.408. The first-order valence-electron chi connectivity index (χ1n) is 8.65. The Kier molecular flexibility index (Phi) is 11.4. The van der Waals surface area contributed by atoms with Crippen molar-refractivity contribution in [1.29, 1.82) is 0 Å². The molecule has 0 aromatic heterocycles. The number of benzene rings is 1. The summed E-state index contributed by atoms with van der Waals surface area (Å²) < 4.78 is 15.1. The van der Waals surface area contributed by atoms with Gasteiger partial charge in [0.25, 0.3) is 0 Å². The maximum Gasteiger partial charge on any atom is 0.332 e.